The monoisotopic (exact) mass is 357 g/mol. The van der Waals surface area contributed by atoms with Crippen molar-refractivity contribution in [1.29, 1.82) is 0 Å². The number of nitrogens with zero attached hydrogens (tertiary/aromatic N) is 2. The van der Waals surface area contributed by atoms with Crippen molar-refractivity contribution in [2.45, 2.75) is 33.2 Å². The first kappa shape index (κ1) is 19.3. The van der Waals surface area contributed by atoms with Gasteiger partial charge in [-0.15, -0.1) is 0 Å². The number of aromatic nitrogens is 1. The number of ether oxygens (including phenoxy) is 1. The van der Waals surface area contributed by atoms with Gasteiger partial charge in [0.15, 0.2) is 5.11 Å². The van der Waals surface area contributed by atoms with Gasteiger partial charge in [-0.05, 0) is 80.4 Å². The van der Waals surface area contributed by atoms with Crippen LogP contribution in [0.3, 0.4) is 0 Å². The molecule has 2 aromatic rings. The van der Waals surface area contributed by atoms with Crippen LogP contribution in [0.1, 0.15) is 36.1 Å². The maximum absolute atomic E-state index is 5.73. The molecule has 5 heteroatoms. The first-order valence-corrected chi connectivity index (χ1v) is 8.97. The highest BCUT2D eigenvalue weighted by Gasteiger charge is 2.18. The summed E-state index contributed by atoms with van der Waals surface area (Å²) in [6.45, 7) is 7.89. The highest BCUT2D eigenvalue weighted by Crippen LogP contribution is 2.22. The van der Waals surface area contributed by atoms with E-state index in [9.17, 15) is 0 Å². The van der Waals surface area contributed by atoms with Crippen LogP contribution in [0, 0.1) is 13.8 Å². The molecule has 4 nitrogen and oxygen atoms in total. The van der Waals surface area contributed by atoms with Crippen molar-refractivity contribution in [1.82, 2.24) is 9.88 Å². The van der Waals surface area contributed by atoms with Crippen molar-refractivity contribution in [2.24, 2.45) is 0 Å². The van der Waals surface area contributed by atoms with Crippen LogP contribution in [0.25, 0.3) is 0 Å². The number of methoxy groups -OCH3 is 1. The van der Waals surface area contributed by atoms with Gasteiger partial charge < -0.3 is 15.0 Å². The van der Waals surface area contributed by atoms with Crippen LogP contribution in [0.2, 0.25) is 0 Å². The Labute approximate surface area is 156 Å². The van der Waals surface area contributed by atoms with E-state index in [2.05, 4.69) is 54.2 Å². The van der Waals surface area contributed by atoms with Gasteiger partial charge in [0.1, 0.15) is 0 Å². The highest BCUT2D eigenvalue weighted by molar-refractivity contribution is 7.80. The van der Waals surface area contributed by atoms with Crippen molar-refractivity contribution in [3.05, 3.63) is 59.4 Å². The Kier molecular flexibility index (Phi) is 7.34. The molecule has 1 aromatic heterocycles. The molecule has 1 atom stereocenters. The molecule has 0 aliphatic rings. The average Bonchev–Trinajstić information content (AvgIpc) is 2.58. The van der Waals surface area contributed by atoms with Gasteiger partial charge in [0.2, 0.25) is 0 Å². The zero-order valence-electron chi connectivity index (χ0n) is 15.5. The van der Waals surface area contributed by atoms with Gasteiger partial charge in [0.05, 0.1) is 6.04 Å². The normalized spacial score (nSPS) is 11.8. The lowest BCUT2D eigenvalue weighted by Crippen LogP contribution is -2.38. The third-order valence-corrected chi connectivity index (χ3v) is 4.47. The van der Waals surface area contributed by atoms with Crippen LogP contribution >= 0.6 is 12.2 Å². The molecule has 0 spiro atoms. The topological polar surface area (TPSA) is 37.4 Å². The third-order valence-electron chi connectivity index (χ3n) is 4.14. The number of hydrogen-bond acceptors (Lipinski definition) is 3. The van der Waals surface area contributed by atoms with Crippen molar-refractivity contribution < 1.29 is 4.74 Å². The van der Waals surface area contributed by atoms with E-state index in [4.69, 9.17) is 17.0 Å². The lowest BCUT2D eigenvalue weighted by molar-refractivity contribution is 0.181. The molecule has 25 heavy (non-hydrogen) atoms. The predicted molar refractivity (Wildman–Crippen MR) is 108 cm³/mol. The van der Waals surface area contributed by atoms with Crippen LogP contribution in [0.4, 0.5) is 5.69 Å². The van der Waals surface area contributed by atoms with Crippen LogP contribution in [0.15, 0.2) is 42.7 Å². The molecule has 0 fully saturated rings. The van der Waals surface area contributed by atoms with Crippen LogP contribution in [-0.4, -0.2) is 35.3 Å². The Hall–Kier alpha value is -1.98. The molecule has 1 aromatic carbocycles. The number of aryl methyl sites for hydroxylation is 2. The smallest absolute Gasteiger partial charge is 0.173 e. The standard InChI is InChI=1S/C20H27N3OS/c1-15-12-16(2)14-19(13-15)22-20(25)23(10-5-11-24-4)17(3)18-6-8-21-9-7-18/h6-9,12-14,17H,5,10-11H2,1-4H3,(H,22,25). The molecule has 0 aliphatic heterocycles. The quantitative estimate of drug-likeness (QED) is 0.583. The van der Waals surface area contributed by atoms with Crippen molar-refractivity contribution >= 4 is 23.0 Å². The Morgan fingerprint density at radius 3 is 2.44 bits per heavy atom. The molecule has 2 rings (SSSR count). The molecule has 0 bridgehead atoms. The van der Waals surface area contributed by atoms with Gasteiger partial charge in [0, 0.05) is 38.3 Å². The summed E-state index contributed by atoms with van der Waals surface area (Å²) in [5.41, 5.74) is 4.66. The van der Waals surface area contributed by atoms with Crippen molar-refractivity contribution in [2.75, 3.05) is 25.6 Å². The molecule has 134 valence electrons. The van der Waals surface area contributed by atoms with E-state index in [1.165, 1.54) is 16.7 Å². The fourth-order valence-electron chi connectivity index (χ4n) is 2.91. The second kappa shape index (κ2) is 9.49. The summed E-state index contributed by atoms with van der Waals surface area (Å²) in [6.07, 6.45) is 4.56. The van der Waals surface area contributed by atoms with E-state index < -0.39 is 0 Å². The maximum atomic E-state index is 5.73. The van der Waals surface area contributed by atoms with E-state index in [0.29, 0.717) is 6.61 Å². The summed E-state index contributed by atoms with van der Waals surface area (Å²) in [4.78, 5) is 6.32. The van der Waals surface area contributed by atoms with Crippen LogP contribution in [-0.2, 0) is 4.74 Å². The molecule has 0 amide bonds. The van der Waals surface area contributed by atoms with Gasteiger partial charge in [-0.1, -0.05) is 6.07 Å². The number of benzene rings is 1. The second-order valence-corrected chi connectivity index (χ2v) is 6.69. The zero-order valence-corrected chi connectivity index (χ0v) is 16.3. The van der Waals surface area contributed by atoms with Crippen LogP contribution < -0.4 is 5.32 Å². The molecule has 0 radical (unpaired) electrons. The Morgan fingerprint density at radius 1 is 1.20 bits per heavy atom. The lowest BCUT2D eigenvalue weighted by Gasteiger charge is -2.32. The summed E-state index contributed by atoms with van der Waals surface area (Å²) in [5.74, 6) is 0. The molecule has 1 N–H and O–H groups in total. The van der Waals surface area contributed by atoms with Gasteiger partial charge in [-0.2, -0.15) is 0 Å². The van der Waals surface area contributed by atoms with E-state index >= 15 is 0 Å². The van der Waals surface area contributed by atoms with E-state index in [1.807, 2.05) is 24.5 Å². The Balaban J connectivity index is 2.17. The highest BCUT2D eigenvalue weighted by atomic mass is 32.1. The molecule has 0 saturated carbocycles. The number of thiocarbonyl (C=S) groups is 1. The SMILES string of the molecule is COCCCN(C(=S)Nc1cc(C)cc(C)c1)C(C)c1ccncc1. The molecular weight excluding hydrogens is 330 g/mol. The molecule has 1 heterocycles. The van der Waals surface area contributed by atoms with Crippen LogP contribution in [0.5, 0.6) is 0 Å². The molecular formula is C20H27N3OS. The lowest BCUT2D eigenvalue weighted by atomic mass is 10.1. The van der Waals surface area contributed by atoms with Crippen molar-refractivity contribution in [3.8, 4) is 0 Å². The third kappa shape index (κ3) is 5.80. The van der Waals surface area contributed by atoms with Crippen molar-refractivity contribution in [3.63, 3.8) is 0 Å². The minimum atomic E-state index is 0.158. The van der Waals surface area contributed by atoms with E-state index in [-0.39, 0.29) is 6.04 Å². The predicted octanol–water partition coefficient (Wildman–Crippen LogP) is 4.49. The van der Waals surface area contributed by atoms with E-state index in [0.717, 1.165) is 23.8 Å². The Bertz CT molecular complexity index is 670. The minimum absolute atomic E-state index is 0.158. The minimum Gasteiger partial charge on any atom is -0.385 e. The largest absolute Gasteiger partial charge is 0.385 e. The summed E-state index contributed by atoms with van der Waals surface area (Å²) in [6, 6.07) is 10.6. The first-order chi connectivity index (χ1) is 12.0. The number of pyridine rings is 1. The Morgan fingerprint density at radius 2 is 1.84 bits per heavy atom. The fourth-order valence-corrected chi connectivity index (χ4v) is 3.28. The summed E-state index contributed by atoms with van der Waals surface area (Å²) >= 11 is 5.73. The molecule has 0 aliphatic carbocycles. The maximum Gasteiger partial charge on any atom is 0.173 e. The number of rotatable bonds is 7. The fraction of sp³-hybridized carbons (Fsp3) is 0.400. The van der Waals surface area contributed by atoms with Gasteiger partial charge in [-0.25, -0.2) is 0 Å². The van der Waals surface area contributed by atoms with Gasteiger partial charge in [-0.3, -0.25) is 4.98 Å². The number of nitrogens with one attached hydrogen (secondary N) is 1. The summed E-state index contributed by atoms with van der Waals surface area (Å²) < 4.78 is 5.21. The number of anilines is 1. The number of hydrogen-bond donors (Lipinski definition) is 1. The summed E-state index contributed by atoms with van der Waals surface area (Å²) in [7, 11) is 1.72. The van der Waals surface area contributed by atoms with Gasteiger partial charge >= 0.3 is 0 Å². The molecule has 0 saturated heterocycles. The zero-order chi connectivity index (χ0) is 18.2. The first-order valence-electron chi connectivity index (χ1n) is 8.56. The second-order valence-electron chi connectivity index (χ2n) is 6.30. The average molecular weight is 358 g/mol. The summed E-state index contributed by atoms with van der Waals surface area (Å²) in [5, 5.41) is 4.13. The van der Waals surface area contributed by atoms with E-state index in [1.54, 1.807) is 7.11 Å². The molecule has 1 unspecified atom stereocenters. The van der Waals surface area contributed by atoms with Gasteiger partial charge in [0.25, 0.3) is 0 Å².